The van der Waals surface area contributed by atoms with Crippen molar-refractivity contribution in [2.45, 2.75) is 14.7 Å². The van der Waals surface area contributed by atoms with Gasteiger partial charge in [0.05, 0.1) is 50.9 Å². The predicted octanol–water partition coefficient (Wildman–Crippen LogP) is 6.72. The molecule has 0 bridgehead atoms. The van der Waals surface area contributed by atoms with Gasteiger partial charge in [0.2, 0.25) is 0 Å². The van der Waals surface area contributed by atoms with E-state index in [-0.39, 0.29) is 128 Å². The number of phenolic OH excluding ortho intramolecular Hbond substituents is 1. The summed E-state index contributed by atoms with van der Waals surface area (Å²) >= 11 is 0. The maximum absolute atomic E-state index is 12.5. The van der Waals surface area contributed by atoms with E-state index in [4.69, 9.17) is 28.7 Å². The summed E-state index contributed by atoms with van der Waals surface area (Å²) in [5.41, 5.74) is 28.6. The summed E-state index contributed by atoms with van der Waals surface area (Å²) in [4.78, 5) is -2.57. The molecule has 23 nitrogen and oxygen atoms in total. The average Bonchev–Trinajstić information content (AvgIpc) is 3.15. The van der Waals surface area contributed by atoms with Crippen LogP contribution in [-0.4, -0.2) is 133 Å². The molecule has 0 heterocycles. The molecule has 0 fully saturated rings. The van der Waals surface area contributed by atoms with E-state index in [0.29, 0.717) is 22.7 Å². The van der Waals surface area contributed by atoms with Crippen LogP contribution in [0.4, 0.5) is 73.9 Å². The van der Waals surface area contributed by atoms with Gasteiger partial charge in [0, 0.05) is 94.4 Å². The van der Waals surface area contributed by atoms with Gasteiger partial charge in [-0.3, -0.25) is 13.7 Å². The summed E-state index contributed by atoms with van der Waals surface area (Å²) in [7, 11) is -15.0. The zero-order valence-corrected chi connectivity index (χ0v) is 41.5. The Morgan fingerprint density at radius 1 is 0.413 bits per heavy atom. The number of hydrogen-bond donors (Lipinski definition) is 9. The van der Waals surface area contributed by atoms with Crippen LogP contribution >= 0.6 is 0 Å². The molecule has 0 aliphatic rings. The van der Waals surface area contributed by atoms with Crippen molar-refractivity contribution in [3.05, 3.63) is 91.0 Å². The first-order chi connectivity index (χ1) is 28.1. The maximum Gasteiger partial charge on any atom is 0.296 e. The van der Waals surface area contributed by atoms with Crippen LogP contribution in [0.1, 0.15) is 0 Å². The van der Waals surface area contributed by atoms with Crippen LogP contribution in [0, 0.1) is 0 Å². The van der Waals surface area contributed by atoms with E-state index < -0.39 is 73.2 Å². The molecule has 29 heteroatoms. The van der Waals surface area contributed by atoms with Crippen LogP contribution in [0.25, 0.3) is 10.8 Å². The summed E-state index contributed by atoms with van der Waals surface area (Å²) in [6.45, 7) is 0. The molecule has 6 aromatic carbocycles. The quantitative estimate of drug-likeness (QED) is 0.0282. The van der Waals surface area contributed by atoms with Gasteiger partial charge in [0.25, 0.3) is 30.4 Å². The molecule has 14 N–H and O–H groups in total. The van der Waals surface area contributed by atoms with Crippen LogP contribution in [0.15, 0.2) is 147 Å². The van der Waals surface area contributed by atoms with Gasteiger partial charge in [0.1, 0.15) is 37.4 Å². The van der Waals surface area contributed by atoms with Gasteiger partial charge in [-0.15, -0.1) is 20.5 Å². The third-order valence-electron chi connectivity index (χ3n) is 8.14. The fourth-order valence-electron chi connectivity index (χ4n) is 5.29. The predicted molar refractivity (Wildman–Crippen MR) is 237 cm³/mol. The monoisotopic (exact) mass is 944 g/mol. The van der Waals surface area contributed by atoms with Crippen molar-refractivity contribution in [1.29, 1.82) is 0 Å². The second-order valence-corrected chi connectivity index (χ2v) is 16.5. The number of azo groups is 4. The Labute approximate surface area is 424 Å². The number of nitrogen functional groups attached to an aromatic ring is 5. The van der Waals surface area contributed by atoms with Crippen molar-refractivity contribution in [1.82, 2.24) is 0 Å². The number of nitrogens with two attached hydrogens (primary N) is 5. The number of anilines is 5. The van der Waals surface area contributed by atoms with Crippen molar-refractivity contribution in [3.63, 3.8) is 0 Å². The van der Waals surface area contributed by atoms with E-state index in [1.54, 1.807) is 12.1 Å². The van der Waals surface area contributed by atoms with E-state index in [1.807, 2.05) is 0 Å². The number of hydrogen-bond acceptors (Lipinski definition) is 20. The van der Waals surface area contributed by atoms with Crippen LogP contribution in [-0.2, 0) is 30.4 Å². The molecular formula is C34H29N13Na3O10S3. The summed E-state index contributed by atoms with van der Waals surface area (Å²) < 4.78 is 103. The van der Waals surface area contributed by atoms with Crippen molar-refractivity contribution in [2.24, 2.45) is 40.9 Å². The topological polar surface area (TPSA) is 412 Å². The molecule has 0 aromatic heterocycles. The number of nitrogens with zero attached hydrogens (tertiary/aromatic N) is 8. The van der Waals surface area contributed by atoms with Crippen LogP contribution in [0.3, 0.4) is 0 Å². The Morgan fingerprint density at radius 3 is 1.25 bits per heavy atom. The Morgan fingerprint density at radius 2 is 0.810 bits per heavy atom. The van der Waals surface area contributed by atoms with Gasteiger partial charge in [-0.2, -0.15) is 45.7 Å². The molecule has 63 heavy (non-hydrogen) atoms. The SMILES string of the molecule is Nc1ccc(N=Nc2ccc(N=Nc3c(S(=O)(=O)O)cc4cc(S(=O)(=O)O)c(N=Nc5ccc(N=Nc6cc(S(=O)(=O)O)c(N)cc6N)cc5)c(N)c4c3O)cc2)c(N)c1.[Na].[Na].[Na]. The first-order valence-electron chi connectivity index (χ1n) is 16.4. The van der Waals surface area contributed by atoms with E-state index in [9.17, 15) is 44.0 Å². The van der Waals surface area contributed by atoms with Crippen LogP contribution in [0.5, 0.6) is 5.75 Å². The fourth-order valence-corrected chi connectivity index (χ4v) is 7.24. The Bertz CT molecular complexity index is 3200. The average molecular weight is 945 g/mol. The minimum atomic E-state index is -5.17. The molecule has 0 aliphatic carbocycles. The van der Waals surface area contributed by atoms with Crippen molar-refractivity contribution in [3.8, 4) is 5.75 Å². The molecule has 0 amide bonds. The summed E-state index contributed by atoms with van der Waals surface area (Å²) in [6.07, 6.45) is 0. The summed E-state index contributed by atoms with van der Waals surface area (Å²) in [5.74, 6) is -0.966. The zero-order chi connectivity index (χ0) is 43.7. The van der Waals surface area contributed by atoms with Gasteiger partial charge in [-0.1, -0.05) is 0 Å². The maximum atomic E-state index is 12.5. The molecule has 6 aromatic rings. The Kier molecular flexibility index (Phi) is 17.6. The second-order valence-electron chi connectivity index (χ2n) is 12.3. The molecule has 0 aliphatic heterocycles. The van der Waals surface area contributed by atoms with Gasteiger partial charge in [-0.25, -0.2) is 0 Å². The minimum Gasteiger partial charge on any atom is -0.505 e. The molecule has 0 saturated heterocycles. The van der Waals surface area contributed by atoms with E-state index in [2.05, 4.69) is 40.9 Å². The number of benzene rings is 6. The van der Waals surface area contributed by atoms with Crippen molar-refractivity contribution in [2.75, 3.05) is 28.7 Å². The summed E-state index contributed by atoms with van der Waals surface area (Å²) in [6, 6.07) is 19.5. The smallest absolute Gasteiger partial charge is 0.296 e. The van der Waals surface area contributed by atoms with Gasteiger partial charge in [-0.05, 0) is 96.4 Å². The molecule has 311 valence electrons. The number of fused-ring (bicyclic) bond motifs is 1. The Balaban J connectivity index is 0.00000352. The molecule has 3 radical (unpaired) electrons. The van der Waals surface area contributed by atoms with Crippen molar-refractivity contribution >= 4 is 204 Å². The summed E-state index contributed by atoms with van der Waals surface area (Å²) in [5, 5.41) is 42.2. The molecule has 0 unspecified atom stereocenters. The largest absolute Gasteiger partial charge is 0.505 e. The first-order valence-corrected chi connectivity index (χ1v) is 20.7. The normalized spacial score (nSPS) is 12.2. The number of aromatic hydroxyl groups is 1. The molecule has 6 rings (SSSR count). The molecule has 0 spiro atoms. The van der Waals surface area contributed by atoms with Gasteiger partial charge >= 0.3 is 0 Å². The molecule has 0 atom stereocenters. The van der Waals surface area contributed by atoms with E-state index in [0.717, 1.165) is 24.3 Å². The third kappa shape index (κ3) is 12.6. The van der Waals surface area contributed by atoms with Crippen LogP contribution in [0.2, 0.25) is 0 Å². The van der Waals surface area contributed by atoms with Crippen LogP contribution < -0.4 is 28.7 Å². The van der Waals surface area contributed by atoms with Gasteiger partial charge < -0.3 is 33.8 Å². The van der Waals surface area contributed by atoms with E-state index >= 15 is 0 Å². The molecular weight excluding hydrogens is 916 g/mol. The Hall–Kier alpha value is -4.49. The number of phenols is 1. The fraction of sp³-hybridized carbons (Fsp3) is 0. The van der Waals surface area contributed by atoms with Crippen molar-refractivity contribution < 1.29 is 44.0 Å². The number of rotatable bonds is 11. The van der Waals surface area contributed by atoms with Gasteiger partial charge in [0.15, 0.2) is 5.75 Å². The first kappa shape index (κ1) is 52.9. The standard InChI is InChI=1S/C34H29N13O10S3.3Na/c35-17-1-10-25(22(36)13-17)44-40-18-2-8-21(9-3-18)43-47-33-29(60(55,56)57)12-16-11-28(59(52,53)54)32(31(39)30(16)34(33)48)46-42-20-6-4-19(5-7-20)41-45-26-15-27(58(49,50)51)24(38)14-23(26)37;;;/h1-15,48H,35-39H2,(H,49,50,51)(H,52,53,54)(H,55,56,57);;;. The second kappa shape index (κ2) is 21.0. The zero-order valence-electron chi connectivity index (χ0n) is 33.1. The molecule has 0 saturated carbocycles. The minimum absolute atomic E-state index is 0. The van der Waals surface area contributed by atoms with E-state index in [1.165, 1.54) is 54.6 Å². The third-order valence-corrected chi connectivity index (χ3v) is 10.8.